The maximum Gasteiger partial charge on any atom is 0.224 e. The standard InChI is InChI=1S/C19H28N2O/c1-15-6-3-7-16(12-15)13-18(2)8-5-11-21(18)17(22)14-19(20)9-4-10-19/h3,6-7,12H,4-5,8-11,13-14,20H2,1-2H3. The number of amides is 1. The number of carbonyl (C=O) groups is 1. The predicted molar refractivity (Wildman–Crippen MR) is 89.6 cm³/mol. The van der Waals surface area contributed by atoms with Gasteiger partial charge in [0.25, 0.3) is 0 Å². The highest BCUT2D eigenvalue weighted by Gasteiger charge is 2.43. The van der Waals surface area contributed by atoms with Gasteiger partial charge < -0.3 is 10.6 Å². The van der Waals surface area contributed by atoms with Crippen LogP contribution < -0.4 is 5.73 Å². The minimum Gasteiger partial charge on any atom is -0.337 e. The van der Waals surface area contributed by atoms with Gasteiger partial charge in [-0.05, 0) is 57.9 Å². The van der Waals surface area contributed by atoms with Crippen LogP contribution in [0.3, 0.4) is 0 Å². The van der Waals surface area contributed by atoms with Gasteiger partial charge in [-0.2, -0.15) is 0 Å². The number of likely N-dealkylation sites (tertiary alicyclic amines) is 1. The summed E-state index contributed by atoms with van der Waals surface area (Å²) in [5.41, 5.74) is 8.63. The number of nitrogens with zero attached hydrogens (tertiary/aromatic N) is 1. The third-order valence-electron chi connectivity index (χ3n) is 5.57. The topological polar surface area (TPSA) is 46.3 Å². The maximum atomic E-state index is 12.8. The van der Waals surface area contributed by atoms with E-state index in [1.165, 1.54) is 17.5 Å². The van der Waals surface area contributed by atoms with Gasteiger partial charge in [-0.15, -0.1) is 0 Å². The quantitative estimate of drug-likeness (QED) is 0.928. The Balaban J connectivity index is 1.72. The molecule has 1 unspecified atom stereocenters. The minimum atomic E-state index is -0.218. The van der Waals surface area contributed by atoms with Crippen LogP contribution in [0.15, 0.2) is 24.3 Å². The number of aryl methyl sites for hydroxylation is 1. The Bertz CT molecular complexity index is 564. The third kappa shape index (κ3) is 3.05. The highest BCUT2D eigenvalue weighted by atomic mass is 16.2. The summed E-state index contributed by atoms with van der Waals surface area (Å²) in [4.78, 5) is 14.9. The van der Waals surface area contributed by atoms with Gasteiger partial charge in [0.1, 0.15) is 0 Å². The molecule has 1 saturated heterocycles. The van der Waals surface area contributed by atoms with Crippen molar-refractivity contribution in [2.45, 2.75) is 69.9 Å². The molecular weight excluding hydrogens is 272 g/mol. The highest BCUT2D eigenvalue weighted by molar-refractivity contribution is 5.79. The van der Waals surface area contributed by atoms with E-state index in [0.29, 0.717) is 6.42 Å². The molecule has 22 heavy (non-hydrogen) atoms. The lowest BCUT2D eigenvalue weighted by molar-refractivity contribution is -0.136. The molecule has 1 aromatic rings. The second-order valence-corrected chi connectivity index (χ2v) is 7.70. The second-order valence-electron chi connectivity index (χ2n) is 7.70. The van der Waals surface area contributed by atoms with Crippen LogP contribution in [0.2, 0.25) is 0 Å². The van der Waals surface area contributed by atoms with E-state index in [1.54, 1.807) is 0 Å². The first-order valence-electron chi connectivity index (χ1n) is 8.55. The zero-order chi connectivity index (χ0) is 15.8. The van der Waals surface area contributed by atoms with E-state index >= 15 is 0 Å². The molecule has 1 aromatic carbocycles. The van der Waals surface area contributed by atoms with Gasteiger partial charge in [-0.1, -0.05) is 29.8 Å². The van der Waals surface area contributed by atoms with Crippen molar-refractivity contribution >= 4 is 5.91 Å². The Morgan fingerprint density at radius 3 is 2.68 bits per heavy atom. The molecular formula is C19H28N2O. The summed E-state index contributed by atoms with van der Waals surface area (Å²) in [6.07, 6.45) is 6.83. The SMILES string of the molecule is Cc1cccc(CC2(C)CCCN2C(=O)CC2(N)CCC2)c1. The van der Waals surface area contributed by atoms with E-state index in [0.717, 1.165) is 38.6 Å². The summed E-state index contributed by atoms with van der Waals surface area (Å²) in [7, 11) is 0. The van der Waals surface area contributed by atoms with E-state index in [-0.39, 0.29) is 17.0 Å². The van der Waals surface area contributed by atoms with Crippen LogP contribution in [-0.4, -0.2) is 28.4 Å². The smallest absolute Gasteiger partial charge is 0.224 e. The zero-order valence-corrected chi connectivity index (χ0v) is 13.9. The molecule has 0 radical (unpaired) electrons. The van der Waals surface area contributed by atoms with Crippen molar-refractivity contribution in [3.05, 3.63) is 35.4 Å². The Labute approximate surface area is 133 Å². The van der Waals surface area contributed by atoms with Crippen molar-refractivity contribution in [1.82, 2.24) is 4.90 Å². The van der Waals surface area contributed by atoms with E-state index in [1.807, 2.05) is 0 Å². The van der Waals surface area contributed by atoms with Crippen molar-refractivity contribution in [2.24, 2.45) is 5.73 Å². The van der Waals surface area contributed by atoms with Gasteiger partial charge in [0.15, 0.2) is 0 Å². The summed E-state index contributed by atoms with van der Waals surface area (Å²) in [6.45, 7) is 5.25. The Hall–Kier alpha value is -1.35. The summed E-state index contributed by atoms with van der Waals surface area (Å²) in [6, 6.07) is 8.65. The molecule has 2 fully saturated rings. The van der Waals surface area contributed by atoms with Crippen molar-refractivity contribution in [2.75, 3.05) is 6.54 Å². The summed E-state index contributed by atoms with van der Waals surface area (Å²) in [5, 5.41) is 0. The molecule has 2 aliphatic rings. The van der Waals surface area contributed by atoms with E-state index < -0.39 is 0 Å². The van der Waals surface area contributed by atoms with Gasteiger partial charge in [-0.25, -0.2) is 0 Å². The molecule has 1 aliphatic carbocycles. The molecule has 3 heteroatoms. The van der Waals surface area contributed by atoms with Crippen molar-refractivity contribution in [3.63, 3.8) is 0 Å². The van der Waals surface area contributed by atoms with Gasteiger partial charge in [0.05, 0.1) is 0 Å². The monoisotopic (exact) mass is 300 g/mol. The van der Waals surface area contributed by atoms with E-state index in [4.69, 9.17) is 5.73 Å². The summed E-state index contributed by atoms with van der Waals surface area (Å²) < 4.78 is 0. The lowest BCUT2D eigenvalue weighted by Gasteiger charge is -2.42. The zero-order valence-electron chi connectivity index (χ0n) is 13.9. The van der Waals surface area contributed by atoms with E-state index in [2.05, 4.69) is 43.0 Å². The fourth-order valence-corrected chi connectivity index (χ4v) is 4.10. The highest BCUT2D eigenvalue weighted by Crippen LogP contribution is 2.37. The number of benzene rings is 1. The van der Waals surface area contributed by atoms with Crippen LogP contribution in [0.1, 0.15) is 56.6 Å². The first-order valence-corrected chi connectivity index (χ1v) is 8.55. The average Bonchev–Trinajstić information content (AvgIpc) is 2.78. The molecule has 3 nitrogen and oxygen atoms in total. The second kappa shape index (κ2) is 5.69. The number of hydrogen-bond acceptors (Lipinski definition) is 2. The summed E-state index contributed by atoms with van der Waals surface area (Å²) in [5.74, 6) is 0.259. The van der Waals surface area contributed by atoms with Gasteiger partial charge in [-0.3, -0.25) is 4.79 Å². The molecule has 1 amide bonds. The first kappa shape index (κ1) is 15.5. The normalized spacial score (nSPS) is 26.8. The fraction of sp³-hybridized carbons (Fsp3) is 0.632. The molecule has 1 atom stereocenters. The van der Waals surface area contributed by atoms with Crippen LogP contribution in [0, 0.1) is 6.92 Å². The van der Waals surface area contributed by atoms with Gasteiger partial charge >= 0.3 is 0 Å². The third-order valence-corrected chi connectivity index (χ3v) is 5.57. The van der Waals surface area contributed by atoms with Crippen LogP contribution >= 0.6 is 0 Å². The lowest BCUT2D eigenvalue weighted by atomic mass is 9.75. The van der Waals surface area contributed by atoms with Crippen LogP contribution in [0.4, 0.5) is 0 Å². The number of hydrogen-bond donors (Lipinski definition) is 1. The Morgan fingerprint density at radius 2 is 2.05 bits per heavy atom. The first-order chi connectivity index (χ1) is 10.4. The minimum absolute atomic E-state index is 0.0506. The molecule has 3 rings (SSSR count). The van der Waals surface area contributed by atoms with Gasteiger partial charge in [0.2, 0.25) is 5.91 Å². The Morgan fingerprint density at radius 1 is 1.27 bits per heavy atom. The molecule has 1 saturated carbocycles. The predicted octanol–water partition coefficient (Wildman–Crippen LogP) is 3.19. The van der Waals surface area contributed by atoms with Crippen molar-refractivity contribution < 1.29 is 4.79 Å². The molecule has 120 valence electrons. The maximum absolute atomic E-state index is 12.8. The molecule has 1 aliphatic heterocycles. The van der Waals surface area contributed by atoms with Crippen molar-refractivity contribution in [1.29, 1.82) is 0 Å². The van der Waals surface area contributed by atoms with Crippen molar-refractivity contribution in [3.8, 4) is 0 Å². The Kier molecular flexibility index (Phi) is 4.02. The number of rotatable bonds is 4. The molecule has 1 heterocycles. The fourth-order valence-electron chi connectivity index (χ4n) is 4.10. The molecule has 0 spiro atoms. The number of carbonyl (C=O) groups excluding carboxylic acids is 1. The van der Waals surface area contributed by atoms with Crippen LogP contribution in [-0.2, 0) is 11.2 Å². The molecule has 0 aromatic heterocycles. The van der Waals surface area contributed by atoms with Gasteiger partial charge in [0, 0.05) is 24.0 Å². The number of nitrogens with two attached hydrogens (primary N) is 1. The largest absolute Gasteiger partial charge is 0.337 e. The lowest BCUT2D eigenvalue weighted by Crippen LogP contribution is -2.54. The van der Waals surface area contributed by atoms with Crippen LogP contribution in [0.5, 0.6) is 0 Å². The summed E-state index contributed by atoms with van der Waals surface area (Å²) >= 11 is 0. The van der Waals surface area contributed by atoms with E-state index in [9.17, 15) is 4.79 Å². The molecule has 2 N–H and O–H groups in total. The average molecular weight is 300 g/mol. The van der Waals surface area contributed by atoms with Crippen LogP contribution in [0.25, 0.3) is 0 Å². The molecule has 0 bridgehead atoms.